The lowest BCUT2D eigenvalue weighted by molar-refractivity contribution is -0.250. The minimum absolute atomic E-state index is 0.466. The average molecular weight is 457 g/mol. The van der Waals surface area contributed by atoms with E-state index in [1.807, 2.05) is 55.6 Å². The Hall–Kier alpha value is -2.46. The Morgan fingerprint density at radius 3 is 2.48 bits per heavy atom. The first-order valence-electron chi connectivity index (χ1n) is 11.3. The van der Waals surface area contributed by atoms with Crippen LogP contribution < -0.4 is 10.5 Å². The Balaban J connectivity index is 1.64. The maximum atomic E-state index is 10.7. The first-order chi connectivity index (χ1) is 15.9. The number of hydrogen-bond donors (Lipinski definition) is 5. The highest BCUT2D eigenvalue weighted by Gasteiger charge is 2.44. The second-order valence-electron chi connectivity index (χ2n) is 8.61. The Kier molecular flexibility index (Phi) is 7.33. The van der Waals surface area contributed by atoms with E-state index >= 15 is 0 Å². The van der Waals surface area contributed by atoms with Crippen molar-refractivity contribution >= 4 is 10.9 Å². The standard InChI is InChI=1S/C25H32N2O6/c1-15-3-8-19-17(12-16-4-6-18(7-5-16)32-10-2-9-26)13-27(20(19)11-15)25-24(31)23(30)22(29)21(14-28)33-25/h3-8,11,13,21-25,28-31H,2,9-10,12,14,26H2,1H3/t21-,22-,23+,24-,25-/m1/s1. The van der Waals surface area contributed by atoms with E-state index in [-0.39, 0.29) is 0 Å². The normalized spacial score (nSPS) is 25.5. The minimum Gasteiger partial charge on any atom is -0.494 e. The molecule has 2 heterocycles. The van der Waals surface area contributed by atoms with Crippen molar-refractivity contribution in [2.24, 2.45) is 5.73 Å². The molecule has 2 aromatic carbocycles. The van der Waals surface area contributed by atoms with Crippen LogP contribution in [0.1, 0.15) is 29.3 Å². The number of ether oxygens (including phenoxy) is 2. The summed E-state index contributed by atoms with van der Waals surface area (Å²) in [6, 6.07) is 14.0. The number of aliphatic hydroxyl groups is 4. The van der Waals surface area contributed by atoms with Gasteiger partial charge in [-0.3, -0.25) is 0 Å². The number of benzene rings is 2. The fourth-order valence-electron chi connectivity index (χ4n) is 4.29. The van der Waals surface area contributed by atoms with Crippen LogP contribution in [0.25, 0.3) is 10.9 Å². The lowest BCUT2D eigenvalue weighted by Crippen LogP contribution is -2.56. The molecule has 1 saturated heterocycles. The van der Waals surface area contributed by atoms with Gasteiger partial charge < -0.3 is 40.2 Å². The zero-order chi connectivity index (χ0) is 23.5. The molecule has 1 aromatic heterocycles. The zero-order valence-corrected chi connectivity index (χ0v) is 18.7. The van der Waals surface area contributed by atoms with E-state index < -0.39 is 37.3 Å². The van der Waals surface area contributed by atoms with Crippen LogP contribution in [0.3, 0.4) is 0 Å². The van der Waals surface area contributed by atoms with Crippen molar-refractivity contribution in [1.29, 1.82) is 0 Å². The van der Waals surface area contributed by atoms with Gasteiger partial charge in [0.25, 0.3) is 0 Å². The highest BCUT2D eigenvalue weighted by atomic mass is 16.6. The summed E-state index contributed by atoms with van der Waals surface area (Å²) < 4.78 is 13.3. The monoisotopic (exact) mass is 456 g/mol. The molecule has 4 rings (SSSR count). The predicted molar refractivity (Wildman–Crippen MR) is 124 cm³/mol. The molecule has 0 saturated carbocycles. The van der Waals surface area contributed by atoms with Crippen LogP contribution in [0.4, 0.5) is 0 Å². The van der Waals surface area contributed by atoms with Gasteiger partial charge in [0.15, 0.2) is 6.23 Å². The molecular formula is C25H32N2O6. The molecule has 0 radical (unpaired) electrons. The third-order valence-electron chi connectivity index (χ3n) is 6.15. The molecule has 0 unspecified atom stereocenters. The molecule has 0 bridgehead atoms. The number of rotatable bonds is 8. The van der Waals surface area contributed by atoms with E-state index in [9.17, 15) is 20.4 Å². The average Bonchev–Trinajstić information content (AvgIpc) is 3.16. The fourth-order valence-corrected chi connectivity index (χ4v) is 4.29. The van der Waals surface area contributed by atoms with Crippen molar-refractivity contribution in [3.8, 4) is 5.75 Å². The van der Waals surface area contributed by atoms with Crippen molar-refractivity contribution in [3.63, 3.8) is 0 Å². The van der Waals surface area contributed by atoms with E-state index in [0.29, 0.717) is 19.6 Å². The van der Waals surface area contributed by atoms with Crippen LogP contribution in [0, 0.1) is 6.92 Å². The molecule has 5 atom stereocenters. The predicted octanol–water partition coefficient (Wildman–Crippen LogP) is 1.24. The van der Waals surface area contributed by atoms with Crippen LogP contribution in [-0.4, -0.2) is 69.2 Å². The molecule has 8 nitrogen and oxygen atoms in total. The van der Waals surface area contributed by atoms with Gasteiger partial charge in [0, 0.05) is 11.6 Å². The summed E-state index contributed by atoms with van der Waals surface area (Å²) >= 11 is 0. The summed E-state index contributed by atoms with van der Waals surface area (Å²) in [5.41, 5.74) is 9.51. The van der Waals surface area contributed by atoms with Gasteiger partial charge in [0.2, 0.25) is 0 Å². The molecule has 8 heteroatoms. The third-order valence-corrected chi connectivity index (χ3v) is 6.15. The third kappa shape index (κ3) is 4.91. The highest BCUT2D eigenvalue weighted by Crippen LogP contribution is 2.34. The molecule has 3 aromatic rings. The number of aliphatic hydroxyl groups excluding tert-OH is 4. The van der Waals surface area contributed by atoms with Gasteiger partial charge in [-0.15, -0.1) is 0 Å². The van der Waals surface area contributed by atoms with Gasteiger partial charge >= 0.3 is 0 Å². The lowest BCUT2D eigenvalue weighted by Gasteiger charge is -2.40. The molecule has 1 aliphatic heterocycles. The van der Waals surface area contributed by atoms with Crippen molar-refractivity contribution in [1.82, 2.24) is 4.57 Å². The van der Waals surface area contributed by atoms with Crippen LogP contribution in [-0.2, 0) is 11.2 Å². The van der Waals surface area contributed by atoms with Gasteiger partial charge in [-0.2, -0.15) is 0 Å². The van der Waals surface area contributed by atoms with Crippen molar-refractivity contribution in [2.75, 3.05) is 19.8 Å². The van der Waals surface area contributed by atoms with E-state index in [1.165, 1.54) is 0 Å². The maximum Gasteiger partial charge on any atom is 0.163 e. The van der Waals surface area contributed by atoms with Crippen molar-refractivity contribution < 1.29 is 29.9 Å². The number of fused-ring (bicyclic) bond motifs is 1. The summed E-state index contributed by atoms with van der Waals surface area (Å²) in [6.45, 7) is 2.69. The summed E-state index contributed by atoms with van der Waals surface area (Å²) in [5.74, 6) is 0.798. The van der Waals surface area contributed by atoms with E-state index in [0.717, 1.165) is 39.8 Å². The van der Waals surface area contributed by atoms with Gasteiger partial charge in [-0.05, 0) is 61.2 Å². The number of nitrogens with two attached hydrogens (primary N) is 1. The molecule has 0 amide bonds. The largest absolute Gasteiger partial charge is 0.494 e. The van der Waals surface area contributed by atoms with Gasteiger partial charge in [-0.1, -0.05) is 24.3 Å². The molecular weight excluding hydrogens is 424 g/mol. The SMILES string of the molecule is Cc1ccc2c(Cc3ccc(OCCCN)cc3)cn([C@@H]3O[C@H](CO)[C@@H](O)[C@H](O)[C@H]3O)c2c1. The summed E-state index contributed by atoms with van der Waals surface area (Å²) in [5, 5.41) is 41.7. The van der Waals surface area contributed by atoms with Gasteiger partial charge in [-0.25, -0.2) is 0 Å². The molecule has 1 aliphatic rings. The summed E-state index contributed by atoms with van der Waals surface area (Å²) in [7, 11) is 0. The molecule has 33 heavy (non-hydrogen) atoms. The first kappa shape index (κ1) is 23.7. The first-order valence-corrected chi connectivity index (χ1v) is 11.3. The fraction of sp³-hybridized carbons (Fsp3) is 0.440. The Morgan fingerprint density at radius 1 is 1.03 bits per heavy atom. The smallest absolute Gasteiger partial charge is 0.163 e. The van der Waals surface area contributed by atoms with E-state index in [2.05, 4.69) is 0 Å². The summed E-state index contributed by atoms with van der Waals surface area (Å²) in [4.78, 5) is 0. The molecule has 1 fully saturated rings. The molecule has 0 aliphatic carbocycles. The second kappa shape index (κ2) is 10.2. The quantitative estimate of drug-likeness (QED) is 0.322. The maximum absolute atomic E-state index is 10.7. The minimum atomic E-state index is -1.43. The van der Waals surface area contributed by atoms with Crippen molar-refractivity contribution in [2.45, 2.75) is 50.4 Å². The Labute approximate surface area is 192 Å². The zero-order valence-electron chi connectivity index (χ0n) is 18.7. The summed E-state index contributed by atoms with van der Waals surface area (Å²) in [6.07, 6.45) is -2.73. The number of nitrogens with zero attached hydrogens (tertiary/aromatic N) is 1. The van der Waals surface area contributed by atoms with Crippen LogP contribution in [0.5, 0.6) is 5.75 Å². The highest BCUT2D eigenvalue weighted by molar-refractivity contribution is 5.85. The molecule has 6 N–H and O–H groups in total. The van der Waals surface area contributed by atoms with Crippen LogP contribution in [0.15, 0.2) is 48.7 Å². The van der Waals surface area contributed by atoms with Gasteiger partial charge in [0.05, 0.1) is 18.7 Å². The van der Waals surface area contributed by atoms with Crippen LogP contribution >= 0.6 is 0 Å². The Morgan fingerprint density at radius 2 is 1.79 bits per heavy atom. The number of aromatic nitrogens is 1. The lowest BCUT2D eigenvalue weighted by atomic mass is 9.98. The van der Waals surface area contributed by atoms with Gasteiger partial charge in [0.1, 0.15) is 30.2 Å². The topological polar surface area (TPSA) is 130 Å². The Bertz CT molecular complexity index is 1060. The number of aryl methyl sites for hydroxylation is 1. The molecule has 0 spiro atoms. The number of hydrogen-bond acceptors (Lipinski definition) is 7. The van der Waals surface area contributed by atoms with Crippen molar-refractivity contribution in [3.05, 3.63) is 65.4 Å². The van der Waals surface area contributed by atoms with E-state index in [4.69, 9.17) is 15.2 Å². The molecule has 178 valence electrons. The van der Waals surface area contributed by atoms with E-state index in [1.54, 1.807) is 4.57 Å². The van der Waals surface area contributed by atoms with Crippen LogP contribution in [0.2, 0.25) is 0 Å². The second-order valence-corrected chi connectivity index (χ2v) is 8.61.